The van der Waals surface area contributed by atoms with E-state index in [0.717, 1.165) is 11.1 Å². The van der Waals surface area contributed by atoms with Crippen molar-refractivity contribution in [3.63, 3.8) is 0 Å². The van der Waals surface area contributed by atoms with Crippen LogP contribution in [0.5, 0.6) is 23.0 Å². The van der Waals surface area contributed by atoms with Gasteiger partial charge in [-0.3, -0.25) is 4.79 Å². The van der Waals surface area contributed by atoms with E-state index in [1.165, 1.54) is 12.1 Å². The molecule has 0 radical (unpaired) electrons. The van der Waals surface area contributed by atoms with Gasteiger partial charge >= 0.3 is 0 Å². The fourth-order valence-corrected chi connectivity index (χ4v) is 2.30. The molecule has 0 saturated carbocycles. The van der Waals surface area contributed by atoms with Crippen LogP contribution in [0, 0.1) is 0 Å². The van der Waals surface area contributed by atoms with Crippen molar-refractivity contribution in [3.05, 3.63) is 65.3 Å². The normalized spacial score (nSPS) is 10.5. The molecule has 5 nitrogen and oxygen atoms in total. The molecule has 1 N–H and O–H groups in total. The molecular formula is C22H24O5. The lowest BCUT2D eigenvalue weighted by atomic mass is 10.1. The molecular weight excluding hydrogens is 344 g/mol. The van der Waals surface area contributed by atoms with E-state index in [2.05, 4.69) is 0 Å². The number of phenols is 1. The minimum atomic E-state index is -0.315. The minimum Gasteiger partial charge on any atom is -0.507 e. The Hall–Kier alpha value is -3.21. The number of benzene rings is 2. The molecule has 0 aromatic heterocycles. The van der Waals surface area contributed by atoms with Crippen LogP contribution in [0.1, 0.15) is 29.8 Å². The van der Waals surface area contributed by atoms with Crippen LogP contribution < -0.4 is 14.2 Å². The molecule has 2 rings (SSSR count). The molecule has 2 aromatic rings. The average molecular weight is 368 g/mol. The van der Waals surface area contributed by atoms with Gasteiger partial charge in [-0.15, -0.1) is 0 Å². The van der Waals surface area contributed by atoms with Crippen LogP contribution in [0.25, 0.3) is 6.08 Å². The first-order valence-corrected chi connectivity index (χ1v) is 8.47. The molecule has 0 spiro atoms. The van der Waals surface area contributed by atoms with Gasteiger partial charge in [-0.25, -0.2) is 0 Å². The van der Waals surface area contributed by atoms with E-state index in [4.69, 9.17) is 14.2 Å². The maximum Gasteiger partial charge on any atom is 0.189 e. The van der Waals surface area contributed by atoms with Gasteiger partial charge in [0.2, 0.25) is 0 Å². The summed E-state index contributed by atoms with van der Waals surface area (Å²) in [4.78, 5) is 12.4. The highest BCUT2D eigenvalue weighted by molar-refractivity contribution is 6.08. The lowest BCUT2D eigenvalue weighted by Gasteiger charge is -2.07. The Bertz CT molecular complexity index is 839. The van der Waals surface area contributed by atoms with E-state index in [0.29, 0.717) is 23.9 Å². The van der Waals surface area contributed by atoms with Crippen LogP contribution >= 0.6 is 0 Å². The summed E-state index contributed by atoms with van der Waals surface area (Å²) in [5, 5.41) is 10.1. The summed E-state index contributed by atoms with van der Waals surface area (Å²) in [7, 11) is 3.12. The maximum absolute atomic E-state index is 12.4. The van der Waals surface area contributed by atoms with E-state index in [1.54, 1.807) is 50.6 Å². The first-order valence-electron chi connectivity index (χ1n) is 8.47. The Labute approximate surface area is 159 Å². The minimum absolute atomic E-state index is 0.123. The molecule has 0 amide bonds. The zero-order valence-corrected chi connectivity index (χ0v) is 16.0. The van der Waals surface area contributed by atoms with Crippen LogP contribution in [0.4, 0.5) is 0 Å². The number of ketones is 1. The summed E-state index contributed by atoms with van der Waals surface area (Å²) in [5.41, 5.74) is 2.10. The summed E-state index contributed by atoms with van der Waals surface area (Å²) < 4.78 is 15.9. The molecule has 0 atom stereocenters. The van der Waals surface area contributed by atoms with Gasteiger partial charge < -0.3 is 19.3 Å². The summed E-state index contributed by atoms with van der Waals surface area (Å²) in [6.07, 6.45) is 4.97. The lowest BCUT2D eigenvalue weighted by Crippen LogP contribution is -1.98. The summed E-state index contributed by atoms with van der Waals surface area (Å²) >= 11 is 0. The van der Waals surface area contributed by atoms with Crippen LogP contribution in [0.2, 0.25) is 0 Å². The lowest BCUT2D eigenvalue weighted by molar-refractivity contribution is 0.104. The average Bonchev–Trinajstić information content (AvgIpc) is 2.65. The summed E-state index contributed by atoms with van der Waals surface area (Å²) in [5.74, 6) is 1.32. The van der Waals surface area contributed by atoms with Crippen molar-refractivity contribution in [3.8, 4) is 23.0 Å². The zero-order valence-electron chi connectivity index (χ0n) is 16.0. The van der Waals surface area contributed by atoms with Crippen LogP contribution in [-0.4, -0.2) is 31.7 Å². The van der Waals surface area contributed by atoms with Gasteiger partial charge in [0.25, 0.3) is 0 Å². The Morgan fingerprint density at radius 2 is 1.67 bits per heavy atom. The SMILES string of the molecule is COc1cc(/C=C/C(=O)c2ccc(OCC=C(C)C)cc2O)cc(OC)c1. The smallest absolute Gasteiger partial charge is 0.189 e. The van der Waals surface area contributed by atoms with Gasteiger partial charge in [0.05, 0.1) is 19.8 Å². The van der Waals surface area contributed by atoms with Crippen molar-refractivity contribution in [1.82, 2.24) is 0 Å². The van der Waals surface area contributed by atoms with Crippen molar-refractivity contribution in [1.29, 1.82) is 0 Å². The Morgan fingerprint density at radius 3 is 2.22 bits per heavy atom. The Balaban J connectivity index is 2.13. The second-order valence-electron chi connectivity index (χ2n) is 6.12. The number of ether oxygens (including phenoxy) is 3. The predicted octanol–water partition coefficient (Wildman–Crippen LogP) is 4.65. The largest absolute Gasteiger partial charge is 0.507 e. The van der Waals surface area contributed by atoms with Crippen LogP contribution in [0.15, 0.2) is 54.1 Å². The van der Waals surface area contributed by atoms with Crippen molar-refractivity contribution >= 4 is 11.9 Å². The van der Waals surface area contributed by atoms with E-state index >= 15 is 0 Å². The monoisotopic (exact) mass is 368 g/mol. The fourth-order valence-electron chi connectivity index (χ4n) is 2.30. The molecule has 0 unspecified atom stereocenters. The highest BCUT2D eigenvalue weighted by atomic mass is 16.5. The molecule has 0 aliphatic carbocycles. The zero-order chi connectivity index (χ0) is 19.8. The highest BCUT2D eigenvalue weighted by Gasteiger charge is 2.10. The first-order chi connectivity index (χ1) is 12.9. The maximum atomic E-state index is 12.4. The van der Waals surface area contributed by atoms with Gasteiger partial charge in [-0.05, 0) is 55.8 Å². The van der Waals surface area contributed by atoms with Gasteiger partial charge in [0.1, 0.15) is 29.6 Å². The van der Waals surface area contributed by atoms with E-state index in [9.17, 15) is 9.90 Å². The van der Waals surface area contributed by atoms with E-state index < -0.39 is 0 Å². The molecule has 2 aromatic carbocycles. The van der Waals surface area contributed by atoms with Crippen molar-refractivity contribution in [2.45, 2.75) is 13.8 Å². The number of phenolic OH excluding ortho intramolecular Hbond substituents is 1. The second kappa shape index (κ2) is 9.48. The molecule has 5 heteroatoms. The summed E-state index contributed by atoms with van der Waals surface area (Å²) in [6.45, 7) is 4.37. The van der Waals surface area contributed by atoms with Crippen molar-refractivity contribution in [2.75, 3.05) is 20.8 Å². The van der Waals surface area contributed by atoms with Crippen LogP contribution in [-0.2, 0) is 0 Å². The molecule has 142 valence electrons. The quantitative estimate of drug-likeness (QED) is 0.417. The third-order valence-corrected chi connectivity index (χ3v) is 3.78. The number of aromatic hydroxyl groups is 1. The molecule has 0 fully saturated rings. The first kappa shape index (κ1) is 20.1. The highest BCUT2D eigenvalue weighted by Crippen LogP contribution is 2.26. The molecule has 0 aliphatic heterocycles. The van der Waals surface area contributed by atoms with Gasteiger partial charge in [0, 0.05) is 12.1 Å². The number of hydrogen-bond acceptors (Lipinski definition) is 5. The van der Waals surface area contributed by atoms with Gasteiger partial charge in [-0.1, -0.05) is 11.6 Å². The number of allylic oxidation sites excluding steroid dienone is 2. The third kappa shape index (κ3) is 5.92. The molecule has 27 heavy (non-hydrogen) atoms. The fraction of sp³-hybridized carbons (Fsp3) is 0.227. The predicted molar refractivity (Wildman–Crippen MR) is 106 cm³/mol. The standard InChI is InChI=1S/C22H24O5/c1-15(2)9-10-27-17-6-7-20(22(24)14-17)21(23)8-5-16-11-18(25-3)13-19(12-16)26-4/h5-9,11-14,24H,10H2,1-4H3/b8-5+. The second-order valence-corrected chi connectivity index (χ2v) is 6.12. The Kier molecular flexibility index (Phi) is 7.06. The number of carbonyl (C=O) groups is 1. The van der Waals surface area contributed by atoms with Crippen LogP contribution in [0.3, 0.4) is 0 Å². The van der Waals surface area contributed by atoms with E-state index in [-0.39, 0.29) is 17.1 Å². The Morgan fingerprint density at radius 1 is 1.00 bits per heavy atom. The molecule has 0 saturated heterocycles. The molecule has 0 bridgehead atoms. The number of hydrogen-bond donors (Lipinski definition) is 1. The molecule has 0 heterocycles. The number of methoxy groups -OCH3 is 2. The van der Waals surface area contributed by atoms with Gasteiger partial charge in [-0.2, -0.15) is 0 Å². The van der Waals surface area contributed by atoms with E-state index in [1.807, 2.05) is 19.9 Å². The van der Waals surface area contributed by atoms with Crippen molar-refractivity contribution in [2.24, 2.45) is 0 Å². The third-order valence-electron chi connectivity index (χ3n) is 3.78. The molecule has 0 aliphatic rings. The number of carbonyl (C=O) groups excluding carboxylic acids is 1. The van der Waals surface area contributed by atoms with Gasteiger partial charge in [0.15, 0.2) is 5.78 Å². The summed E-state index contributed by atoms with van der Waals surface area (Å²) in [6, 6.07) is 9.96. The van der Waals surface area contributed by atoms with Crippen molar-refractivity contribution < 1.29 is 24.1 Å². The number of rotatable bonds is 8. The topological polar surface area (TPSA) is 65.0 Å².